The first-order chi connectivity index (χ1) is 19.2. The number of halogens is 9. The molecule has 6 nitrogen and oxygen atoms in total. The van der Waals surface area contributed by atoms with Crippen molar-refractivity contribution >= 4 is 11.6 Å². The molecule has 0 fully saturated rings. The van der Waals surface area contributed by atoms with Gasteiger partial charge in [-0.25, -0.2) is 0 Å². The third kappa shape index (κ3) is 6.59. The maximum atomic E-state index is 14.0. The van der Waals surface area contributed by atoms with E-state index in [1.165, 1.54) is 24.9 Å². The summed E-state index contributed by atoms with van der Waals surface area (Å²) < 4.78 is 124. The molecule has 4 rings (SSSR count). The first kappa shape index (κ1) is 31.4. The molecule has 0 radical (unpaired) electrons. The Kier molecular flexibility index (Phi) is 7.96. The van der Waals surface area contributed by atoms with Gasteiger partial charge in [0.1, 0.15) is 0 Å². The van der Waals surface area contributed by atoms with Crippen LogP contribution in [0.25, 0.3) is 0 Å². The second-order valence-electron chi connectivity index (χ2n) is 11.3. The summed E-state index contributed by atoms with van der Waals surface area (Å²) in [5, 5.41) is 11.9. The normalized spacial score (nSPS) is 16.8. The van der Waals surface area contributed by atoms with Gasteiger partial charge in [-0.3, -0.25) is 0 Å². The van der Waals surface area contributed by atoms with Crippen molar-refractivity contribution in [3.8, 4) is 0 Å². The molecule has 3 aromatic rings. The van der Waals surface area contributed by atoms with E-state index in [1.807, 2.05) is 25.7 Å². The van der Waals surface area contributed by atoms with E-state index in [0.29, 0.717) is 37.1 Å². The molecule has 0 unspecified atom stereocenters. The number of hydrogen-bond donors (Lipinski definition) is 0. The van der Waals surface area contributed by atoms with Gasteiger partial charge in [0.2, 0.25) is 0 Å². The molecule has 0 aliphatic carbocycles. The summed E-state index contributed by atoms with van der Waals surface area (Å²) in [5.74, 6) is -0.0961. The van der Waals surface area contributed by atoms with E-state index < -0.39 is 53.3 Å². The zero-order chi connectivity index (χ0) is 31.4. The number of hydrogen-bond acceptors (Lipinski definition) is 5. The maximum absolute atomic E-state index is 14.0. The number of rotatable bonds is 4. The summed E-state index contributed by atoms with van der Waals surface area (Å²) in [6, 6.07) is 2.91. The molecule has 2 heterocycles. The molecule has 1 aliphatic heterocycles. The molecule has 42 heavy (non-hydrogen) atoms. The molecule has 15 heteroatoms. The van der Waals surface area contributed by atoms with Crippen molar-refractivity contribution in [2.45, 2.75) is 77.2 Å². The second-order valence-corrected chi connectivity index (χ2v) is 11.3. The van der Waals surface area contributed by atoms with Crippen LogP contribution in [0.15, 0.2) is 30.3 Å². The van der Waals surface area contributed by atoms with Crippen LogP contribution in [0.4, 0.5) is 51.1 Å². The fourth-order valence-electron chi connectivity index (χ4n) is 5.28. The molecule has 0 spiro atoms. The average molecular weight is 609 g/mol. The molecular formula is C27H29F9N6. The Morgan fingerprint density at radius 1 is 0.857 bits per heavy atom. The van der Waals surface area contributed by atoms with E-state index in [-0.39, 0.29) is 28.8 Å². The SMILES string of the molecule is Cc1cc2c(cc1C(F)(F)F)N(C(C)(C)C)CCC[C@@H]2N(Cc1cc(C(F)(F)F)cc(C(F)(F)F)c1)c1nnn(C)n1. The lowest BCUT2D eigenvalue weighted by molar-refractivity contribution is -0.143. The molecule has 2 aromatic carbocycles. The summed E-state index contributed by atoms with van der Waals surface area (Å²) in [7, 11) is 1.43. The van der Waals surface area contributed by atoms with Gasteiger partial charge in [-0.05, 0) is 86.7 Å². The Morgan fingerprint density at radius 2 is 1.45 bits per heavy atom. The van der Waals surface area contributed by atoms with Crippen LogP contribution in [0.2, 0.25) is 0 Å². The standard InChI is InChI=1S/C27H29F9N6/c1-15-9-19-21(7-6-8-42(24(2,3)4)22(19)13-20(15)27(34,35)36)41(23-37-39-40(5)38-23)14-16-10-17(25(28,29)30)12-18(11-16)26(31,32)33/h9-13,21H,6-8,14H2,1-5H3/t21-/m0/s1. The number of alkyl halides is 9. The zero-order valence-electron chi connectivity index (χ0n) is 23.4. The fourth-order valence-corrected chi connectivity index (χ4v) is 5.28. The number of fused-ring (bicyclic) bond motifs is 1. The molecule has 1 aromatic heterocycles. The molecule has 0 N–H and O–H groups in total. The average Bonchev–Trinajstić information content (AvgIpc) is 3.17. The van der Waals surface area contributed by atoms with Gasteiger partial charge in [0.05, 0.1) is 29.8 Å². The van der Waals surface area contributed by atoms with Crippen molar-refractivity contribution in [2.24, 2.45) is 7.05 Å². The van der Waals surface area contributed by atoms with Gasteiger partial charge in [0.25, 0.3) is 5.95 Å². The lowest BCUT2D eigenvalue weighted by Crippen LogP contribution is -2.42. The van der Waals surface area contributed by atoms with E-state index in [0.717, 1.165) is 10.9 Å². The van der Waals surface area contributed by atoms with Crippen molar-refractivity contribution < 1.29 is 39.5 Å². The van der Waals surface area contributed by atoms with Gasteiger partial charge in [-0.15, -0.1) is 5.10 Å². The summed E-state index contributed by atoms with van der Waals surface area (Å²) >= 11 is 0. The number of anilines is 2. The van der Waals surface area contributed by atoms with E-state index in [9.17, 15) is 39.5 Å². The molecular weight excluding hydrogens is 579 g/mol. The largest absolute Gasteiger partial charge is 0.416 e. The van der Waals surface area contributed by atoms with E-state index in [2.05, 4.69) is 15.4 Å². The zero-order valence-corrected chi connectivity index (χ0v) is 23.4. The van der Waals surface area contributed by atoms with Crippen LogP contribution in [-0.4, -0.2) is 32.3 Å². The fraction of sp³-hybridized carbons (Fsp3) is 0.519. The number of nitrogens with zero attached hydrogens (tertiary/aromatic N) is 6. The highest BCUT2D eigenvalue weighted by Crippen LogP contribution is 2.45. The Morgan fingerprint density at radius 3 is 1.93 bits per heavy atom. The van der Waals surface area contributed by atoms with Crippen LogP contribution >= 0.6 is 0 Å². The van der Waals surface area contributed by atoms with Crippen LogP contribution in [0.3, 0.4) is 0 Å². The van der Waals surface area contributed by atoms with Gasteiger partial charge in [0.15, 0.2) is 0 Å². The van der Waals surface area contributed by atoms with Gasteiger partial charge in [0, 0.05) is 24.3 Å². The van der Waals surface area contributed by atoms with Crippen LogP contribution < -0.4 is 9.80 Å². The van der Waals surface area contributed by atoms with Crippen LogP contribution in [0.1, 0.15) is 73.0 Å². The number of aromatic nitrogens is 4. The van der Waals surface area contributed by atoms with Gasteiger partial charge in [-0.2, -0.15) is 44.3 Å². The van der Waals surface area contributed by atoms with Crippen LogP contribution in [0.5, 0.6) is 0 Å². The smallest absolute Gasteiger partial charge is 0.366 e. The molecule has 0 bridgehead atoms. The summed E-state index contributed by atoms with van der Waals surface area (Å²) in [6.45, 7) is 6.68. The minimum absolute atomic E-state index is 0.0403. The molecule has 1 atom stereocenters. The highest BCUT2D eigenvalue weighted by atomic mass is 19.4. The van der Waals surface area contributed by atoms with E-state index >= 15 is 0 Å². The second kappa shape index (κ2) is 10.6. The van der Waals surface area contributed by atoms with Crippen LogP contribution in [0, 0.1) is 6.92 Å². The Labute approximate surface area is 236 Å². The number of benzene rings is 2. The highest BCUT2D eigenvalue weighted by molar-refractivity contribution is 5.63. The number of aryl methyl sites for hydroxylation is 2. The summed E-state index contributed by atoms with van der Waals surface area (Å²) in [5.41, 5.74) is -4.14. The molecule has 1 aliphatic rings. The van der Waals surface area contributed by atoms with Crippen molar-refractivity contribution in [3.63, 3.8) is 0 Å². The third-order valence-electron chi connectivity index (χ3n) is 7.13. The molecule has 0 saturated carbocycles. The maximum Gasteiger partial charge on any atom is 0.416 e. The minimum atomic E-state index is -5.06. The quantitative estimate of drug-likeness (QED) is 0.284. The van der Waals surface area contributed by atoms with E-state index in [1.54, 1.807) is 0 Å². The monoisotopic (exact) mass is 608 g/mol. The third-order valence-corrected chi connectivity index (χ3v) is 7.13. The van der Waals surface area contributed by atoms with Crippen molar-refractivity contribution in [1.29, 1.82) is 0 Å². The highest BCUT2D eigenvalue weighted by Gasteiger charge is 2.40. The lowest BCUT2D eigenvalue weighted by atomic mass is 9.93. The van der Waals surface area contributed by atoms with Gasteiger partial charge >= 0.3 is 18.5 Å². The Hall–Kier alpha value is -3.52. The number of tetrazole rings is 1. The molecule has 0 amide bonds. The first-order valence-corrected chi connectivity index (χ1v) is 12.9. The minimum Gasteiger partial charge on any atom is -0.366 e. The Balaban J connectivity index is 1.94. The summed E-state index contributed by atoms with van der Waals surface area (Å²) in [4.78, 5) is 4.30. The topological polar surface area (TPSA) is 50.1 Å². The first-order valence-electron chi connectivity index (χ1n) is 12.9. The van der Waals surface area contributed by atoms with Gasteiger partial charge < -0.3 is 9.80 Å². The van der Waals surface area contributed by atoms with Crippen molar-refractivity contribution in [2.75, 3.05) is 16.3 Å². The van der Waals surface area contributed by atoms with E-state index in [4.69, 9.17) is 0 Å². The predicted molar refractivity (Wildman–Crippen MR) is 137 cm³/mol. The predicted octanol–water partition coefficient (Wildman–Crippen LogP) is 7.72. The lowest BCUT2D eigenvalue weighted by Gasteiger charge is -2.39. The Bertz CT molecular complexity index is 1400. The van der Waals surface area contributed by atoms with Crippen molar-refractivity contribution in [3.05, 3.63) is 63.7 Å². The molecule has 230 valence electrons. The van der Waals surface area contributed by atoms with Crippen molar-refractivity contribution in [1.82, 2.24) is 20.2 Å². The van der Waals surface area contributed by atoms with Crippen LogP contribution in [-0.2, 0) is 32.1 Å². The summed E-state index contributed by atoms with van der Waals surface area (Å²) in [6.07, 6.45) is -14.0. The van der Waals surface area contributed by atoms with Gasteiger partial charge in [-0.1, -0.05) is 11.2 Å². The molecule has 0 saturated heterocycles.